The van der Waals surface area contributed by atoms with Gasteiger partial charge in [-0.15, -0.1) is 0 Å². The SMILES string of the molecule is C=CC(=O)N1CC(C)N(CCC2C(=O)C=Cc3ccccc32)CC1C. The number of fused-ring (bicyclic) bond motifs is 1. The second-order valence-electron chi connectivity index (χ2n) is 7.09. The average molecular weight is 338 g/mol. The maximum Gasteiger partial charge on any atom is 0.246 e. The Kier molecular flexibility index (Phi) is 5.19. The van der Waals surface area contributed by atoms with Crippen molar-refractivity contribution >= 4 is 17.8 Å². The Morgan fingerprint density at radius 1 is 1.20 bits per heavy atom. The fraction of sp³-hybridized carbons (Fsp3) is 0.429. The summed E-state index contributed by atoms with van der Waals surface area (Å²) in [7, 11) is 0. The normalized spacial score (nSPS) is 26.4. The molecule has 1 saturated heterocycles. The number of piperazine rings is 1. The summed E-state index contributed by atoms with van der Waals surface area (Å²) in [6.45, 7) is 10.2. The molecule has 4 heteroatoms. The van der Waals surface area contributed by atoms with Gasteiger partial charge in [0.15, 0.2) is 5.78 Å². The third kappa shape index (κ3) is 3.59. The summed E-state index contributed by atoms with van der Waals surface area (Å²) in [5.74, 6) is 0.136. The van der Waals surface area contributed by atoms with E-state index in [9.17, 15) is 9.59 Å². The van der Waals surface area contributed by atoms with Gasteiger partial charge < -0.3 is 4.90 Å². The van der Waals surface area contributed by atoms with E-state index in [1.165, 1.54) is 6.08 Å². The maximum atomic E-state index is 12.4. The molecular formula is C21H26N2O2. The van der Waals surface area contributed by atoms with Crippen LogP contribution in [0, 0.1) is 0 Å². The molecule has 0 spiro atoms. The molecule has 25 heavy (non-hydrogen) atoms. The van der Waals surface area contributed by atoms with Gasteiger partial charge in [-0.25, -0.2) is 0 Å². The van der Waals surface area contributed by atoms with E-state index in [2.05, 4.69) is 37.5 Å². The van der Waals surface area contributed by atoms with Crippen LogP contribution in [0.4, 0.5) is 0 Å². The van der Waals surface area contributed by atoms with Crippen LogP contribution in [-0.4, -0.2) is 53.2 Å². The van der Waals surface area contributed by atoms with Crippen molar-refractivity contribution in [3.8, 4) is 0 Å². The minimum atomic E-state index is -0.0588. The zero-order chi connectivity index (χ0) is 18.0. The number of carbonyl (C=O) groups is 2. The molecule has 1 fully saturated rings. The largest absolute Gasteiger partial charge is 0.334 e. The topological polar surface area (TPSA) is 40.6 Å². The maximum absolute atomic E-state index is 12.4. The Morgan fingerprint density at radius 2 is 1.96 bits per heavy atom. The first-order valence-corrected chi connectivity index (χ1v) is 8.99. The quantitative estimate of drug-likeness (QED) is 0.793. The highest BCUT2D eigenvalue weighted by Crippen LogP contribution is 2.30. The molecule has 2 aliphatic rings. The summed E-state index contributed by atoms with van der Waals surface area (Å²) in [6, 6.07) is 8.59. The van der Waals surface area contributed by atoms with Crippen molar-refractivity contribution in [2.24, 2.45) is 0 Å². The number of benzene rings is 1. The van der Waals surface area contributed by atoms with Gasteiger partial charge in [-0.3, -0.25) is 14.5 Å². The smallest absolute Gasteiger partial charge is 0.246 e. The summed E-state index contributed by atoms with van der Waals surface area (Å²) >= 11 is 0. The van der Waals surface area contributed by atoms with Crippen molar-refractivity contribution in [1.29, 1.82) is 0 Å². The standard InChI is InChI=1S/C21H26N2O2/c1-4-21(25)23-14-15(2)22(13-16(23)3)12-11-19-18-8-6-5-7-17(18)9-10-20(19)24/h4-10,15-16,19H,1,11-14H2,2-3H3. The number of amides is 1. The first-order valence-electron chi connectivity index (χ1n) is 8.99. The number of nitrogens with zero attached hydrogens (tertiary/aromatic N) is 2. The Balaban J connectivity index is 1.66. The van der Waals surface area contributed by atoms with Crippen LogP contribution >= 0.6 is 0 Å². The molecule has 1 aromatic carbocycles. The molecule has 0 aromatic heterocycles. The lowest BCUT2D eigenvalue weighted by Crippen LogP contribution is -2.57. The van der Waals surface area contributed by atoms with E-state index in [1.54, 1.807) is 6.08 Å². The van der Waals surface area contributed by atoms with Crippen LogP contribution in [0.15, 0.2) is 43.0 Å². The predicted molar refractivity (Wildman–Crippen MR) is 100 cm³/mol. The Labute approximate surface area is 149 Å². The highest BCUT2D eigenvalue weighted by atomic mass is 16.2. The van der Waals surface area contributed by atoms with Gasteiger partial charge in [0.1, 0.15) is 0 Å². The van der Waals surface area contributed by atoms with Crippen molar-refractivity contribution in [2.45, 2.75) is 38.3 Å². The Morgan fingerprint density at radius 3 is 2.72 bits per heavy atom. The van der Waals surface area contributed by atoms with E-state index in [0.717, 1.165) is 30.6 Å². The monoisotopic (exact) mass is 338 g/mol. The summed E-state index contributed by atoms with van der Waals surface area (Å²) in [5.41, 5.74) is 2.28. The summed E-state index contributed by atoms with van der Waals surface area (Å²) in [4.78, 5) is 28.6. The number of carbonyl (C=O) groups excluding carboxylic acids is 2. The van der Waals surface area contributed by atoms with E-state index in [4.69, 9.17) is 0 Å². The zero-order valence-corrected chi connectivity index (χ0v) is 15.0. The molecule has 0 saturated carbocycles. The molecule has 3 unspecified atom stereocenters. The third-order valence-corrected chi connectivity index (χ3v) is 5.42. The van der Waals surface area contributed by atoms with Crippen LogP contribution in [0.3, 0.4) is 0 Å². The van der Waals surface area contributed by atoms with Crippen molar-refractivity contribution in [1.82, 2.24) is 9.80 Å². The number of ketones is 1. The van der Waals surface area contributed by atoms with Gasteiger partial charge in [0, 0.05) is 31.1 Å². The van der Waals surface area contributed by atoms with Crippen LogP contribution in [0.25, 0.3) is 6.08 Å². The van der Waals surface area contributed by atoms with Crippen LogP contribution in [0.5, 0.6) is 0 Å². The molecule has 0 bridgehead atoms. The lowest BCUT2D eigenvalue weighted by atomic mass is 9.84. The van der Waals surface area contributed by atoms with Gasteiger partial charge in [-0.1, -0.05) is 36.9 Å². The molecule has 1 amide bonds. The van der Waals surface area contributed by atoms with Crippen LogP contribution in [-0.2, 0) is 9.59 Å². The molecule has 3 atom stereocenters. The molecule has 1 heterocycles. The lowest BCUT2D eigenvalue weighted by Gasteiger charge is -2.44. The van der Waals surface area contributed by atoms with E-state index in [1.807, 2.05) is 23.1 Å². The number of hydrogen-bond acceptors (Lipinski definition) is 3. The highest BCUT2D eigenvalue weighted by Gasteiger charge is 2.32. The zero-order valence-electron chi connectivity index (χ0n) is 15.0. The fourth-order valence-corrected chi connectivity index (χ4v) is 3.95. The molecule has 1 aliphatic heterocycles. The molecule has 1 aliphatic carbocycles. The van der Waals surface area contributed by atoms with Crippen molar-refractivity contribution in [3.05, 3.63) is 54.1 Å². The fourth-order valence-electron chi connectivity index (χ4n) is 3.95. The van der Waals surface area contributed by atoms with E-state index >= 15 is 0 Å². The summed E-state index contributed by atoms with van der Waals surface area (Å²) in [5, 5.41) is 0. The van der Waals surface area contributed by atoms with Gasteiger partial charge in [0.05, 0.1) is 0 Å². The molecule has 0 N–H and O–H groups in total. The van der Waals surface area contributed by atoms with Crippen molar-refractivity contribution in [2.75, 3.05) is 19.6 Å². The summed E-state index contributed by atoms with van der Waals surface area (Å²) < 4.78 is 0. The van der Waals surface area contributed by atoms with Gasteiger partial charge in [0.25, 0.3) is 0 Å². The van der Waals surface area contributed by atoms with Crippen LogP contribution < -0.4 is 0 Å². The number of allylic oxidation sites excluding steroid dienone is 1. The van der Waals surface area contributed by atoms with E-state index in [-0.39, 0.29) is 29.7 Å². The van der Waals surface area contributed by atoms with Crippen molar-refractivity contribution < 1.29 is 9.59 Å². The van der Waals surface area contributed by atoms with E-state index < -0.39 is 0 Å². The second kappa shape index (κ2) is 7.36. The molecule has 0 radical (unpaired) electrons. The molecule has 4 nitrogen and oxygen atoms in total. The summed E-state index contributed by atoms with van der Waals surface area (Å²) in [6.07, 6.45) is 5.83. The first kappa shape index (κ1) is 17.6. The minimum Gasteiger partial charge on any atom is -0.334 e. The number of rotatable bonds is 4. The Bertz CT molecular complexity index is 710. The first-order chi connectivity index (χ1) is 12.0. The van der Waals surface area contributed by atoms with Gasteiger partial charge in [-0.05, 0) is 50.1 Å². The molecule has 132 valence electrons. The number of hydrogen-bond donors (Lipinski definition) is 0. The molecule has 1 aromatic rings. The average Bonchev–Trinajstić information content (AvgIpc) is 2.62. The van der Waals surface area contributed by atoms with Crippen molar-refractivity contribution in [3.63, 3.8) is 0 Å². The molecule has 3 rings (SSSR count). The predicted octanol–water partition coefficient (Wildman–Crippen LogP) is 2.86. The lowest BCUT2D eigenvalue weighted by molar-refractivity contribution is -0.131. The van der Waals surface area contributed by atoms with E-state index in [0.29, 0.717) is 6.54 Å². The second-order valence-corrected chi connectivity index (χ2v) is 7.09. The molecular weight excluding hydrogens is 312 g/mol. The highest BCUT2D eigenvalue weighted by molar-refractivity contribution is 6.01. The van der Waals surface area contributed by atoms with Gasteiger partial charge in [0.2, 0.25) is 5.91 Å². The van der Waals surface area contributed by atoms with Crippen LogP contribution in [0.2, 0.25) is 0 Å². The van der Waals surface area contributed by atoms with Gasteiger partial charge >= 0.3 is 0 Å². The Hall–Kier alpha value is -2.20. The van der Waals surface area contributed by atoms with Crippen LogP contribution in [0.1, 0.15) is 37.3 Å². The minimum absolute atomic E-state index is 0.000484. The van der Waals surface area contributed by atoms with Gasteiger partial charge in [-0.2, -0.15) is 0 Å². The third-order valence-electron chi connectivity index (χ3n) is 5.42.